The molecule has 3 aromatic rings. The van der Waals surface area contributed by atoms with Crippen LogP contribution in [0, 0.1) is 23.2 Å². The van der Waals surface area contributed by atoms with Crippen molar-refractivity contribution in [3.05, 3.63) is 94.0 Å². The first kappa shape index (κ1) is 30.8. The molecule has 0 radical (unpaired) electrons. The van der Waals surface area contributed by atoms with Crippen LogP contribution in [0.5, 0.6) is 5.75 Å². The normalized spacial score (nSPS) is 32.6. The van der Waals surface area contributed by atoms with Gasteiger partial charge in [-0.05, 0) is 122 Å². The summed E-state index contributed by atoms with van der Waals surface area (Å²) in [7, 11) is -8.59. The third kappa shape index (κ3) is 4.65. The quantitative estimate of drug-likeness (QED) is 0.165. The van der Waals surface area contributed by atoms with Crippen molar-refractivity contribution in [2.45, 2.75) is 92.1 Å². The average molecular weight is 689 g/mol. The Kier molecular flexibility index (Phi) is 6.83. The Morgan fingerprint density at radius 1 is 0.771 bits per heavy atom. The predicted octanol–water partition coefficient (Wildman–Crippen LogP) is 6.70. The zero-order chi connectivity index (χ0) is 33.1. The van der Waals surface area contributed by atoms with Crippen molar-refractivity contribution in [3.63, 3.8) is 0 Å². The van der Waals surface area contributed by atoms with Gasteiger partial charge in [0.15, 0.2) is 0 Å². The molecule has 1 N–H and O–H groups in total. The lowest BCUT2D eigenvalue weighted by atomic mass is 9.49. The van der Waals surface area contributed by atoms with E-state index < -0.39 is 30.4 Å². The van der Waals surface area contributed by atoms with Gasteiger partial charge in [-0.3, -0.25) is 9.35 Å². The molecule has 3 aromatic carbocycles. The molecular weight excluding hydrogens is 649 g/mol. The van der Waals surface area contributed by atoms with E-state index in [1.165, 1.54) is 34.4 Å². The first-order valence-corrected chi connectivity index (χ1v) is 20.2. The molecule has 6 bridgehead atoms. The van der Waals surface area contributed by atoms with Crippen LogP contribution < -0.4 is 4.18 Å². The van der Waals surface area contributed by atoms with Gasteiger partial charge in [-0.25, -0.2) is 0 Å². The second kappa shape index (κ2) is 10.6. The summed E-state index contributed by atoms with van der Waals surface area (Å²) in [4.78, 5) is 13.9. The topological polar surface area (TPSA) is 124 Å². The monoisotopic (exact) mass is 688 g/mol. The van der Waals surface area contributed by atoms with E-state index in [1.807, 2.05) is 12.1 Å². The van der Waals surface area contributed by atoms with Crippen LogP contribution in [0.3, 0.4) is 0 Å². The molecule has 0 aliphatic heterocycles. The van der Waals surface area contributed by atoms with E-state index in [0.29, 0.717) is 49.7 Å². The van der Waals surface area contributed by atoms with Gasteiger partial charge in [-0.2, -0.15) is 16.8 Å². The highest BCUT2D eigenvalue weighted by atomic mass is 32.2. The SMILES string of the molecule is O=C(OCC12CC3CC(C1)CC(S(=O)(=O)Oc1ccc(S(=O)(=O)O)c4c1CCCC4)(C3)C2)C1CC2c3ccccc3C1c1ccccc12. The van der Waals surface area contributed by atoms with Gasteiger partial charge >= 0.3 is 16.1 Å². The van der Waals surface area contributed by atoms with Crippen molar-refractivity contribution in [3.8, 4) is 5.75 Å². The maximum atomic E-state index is 14.4. The molecule has 4 fully saturated rings. The molecule has 0 aromatic heterocycles. The minimum absolute atomic E-state index is 0.0514. The first-order chi connectivity index (χ1) is 23.0. The molecular formula is C38H40O8S2. The summed E-state index contributed by atoms with van der Waals surface area (Å²) in [6.45, 7) is 0.214. The van der Waals surface area contributed by atoms with Gasteiger partial charge in [-0.15, -0.1) is 0 Å². The Morgan fingerprint density at radius 2 is 1.38 bits per heavy atom. The number of carbonyl (C=O) groups is 1. The molecule has 8 aliphatic rings. The van der Waals surface area contributed by atoms with Crippen molar-refractivity contribution >= 4 is 26.2 Å². The van der Waals surface area contributed by atoms with Gasteiger partial charge in [-0.1, -0.05) is 48.5 Å². The van der Waals surface area contributed by atoms with Crippen molar-refractivity contribution in [1.82, 2.24) is 0 Å². The first-order valence-electron chi connectivity index (χ1n) is 17.4. The van der Waals surface area contributed by atoms with E-state index in [1.54, 1.807) is 0 Å². The summed E-state index contributed by atoms with van der Waals surface area (Å²) in [6, 6.07) is 19.5. The third-order valence-electron chi connectivity index (χ3n) is 12.7. The molecule has 3 unspecified atom stereocenters. The van der Waals surface area contributed by atoms with Gasteiger partial charge in [0, 0.05) is 22.8 Å². The zero-order valence-electron chi connectivity index (χ0n) is 26.8. The van der Waals surface area contributed by atoms with Crippen LogP contribution in [-0.4, -0.2) is 38.7 Å². The minimum atomic E-state index is -4.45. The van der Waals surface area contributed by atoms with E-state index in [9.17, 15) is 26.2 Å². The number of hydrogen-bond acceptors (Lipinski definition) is 7. The molecule has 48 heavy (non-hydrogen) atoms. The van der Waals surface area contributed by atoms with E-state index in [0.717, 1.165) is 32.1 Å². The lowest BCUT2D eigenvalue weighted by Crippen LogP contribution is -2.61. The second-order valence-electron chi connectivity index (χ2n) is 15.6. The molecule has 0 spiro atoms. The van der Waals surface area contributed by atoms with Crippen LogP contribution in [0.1, 0.15) is 103 Å². The minimum Gasteiger partial charge on any atom is -0.465 e. The molecule has 10 heteroatoms. The summed E-state index contributed by atoms with van der Waals surface area (Å²) < 4.78 is 73.9. The van der Waals surface area contributed by atoms with Gasteiger partial charge < -0.3 is 8.92 Å². The van der Waals surface area contributed by atoms with Gasteiger partial charge in [0.05, 0.1) is 17.4 Å². The van der Waals surface area contributed by atoms with Crippen LogP contribution in [0.2, 0.25) is 0 Å². The number of ether oxygens (including phenoxy) is 1. The number of carbonyl (C=O) groups excluding carboxylic acids is 1. The lowest BCUT2D eigenvalue weighted by molar-refractivity contribution is -0.160. The fraction of sp³-hybridized carbons (Fsp3) is 0.500. The Hall–Kier alpha value is -3.21. The van der Waals surface area contributed by atoms with E-state index >= 15 is 0 Å². The maximum absolute atomic E-state index is 14.4. The Balaban J connectivity index is 0.977. The highest BCUT2D eigenvalue weighted by molar-refractivity contribution is 7.88. The summed E-state index contributed by atoms with van der Waals surface area (Å²) in [5.74, 6) is 0.218. The lowest BCUT2D eigenvalue weighted by Gasteiger charge is -2.60. The largest absolute Gasteiger partial charge is 0.465 e. The predicted molar refractivity (Wildman–Crippen MR) is 178 cm³/mol. The summed E-state index contributed by atoms with van der Waals surface area (Å²) in [5.41, 5.74) is 5.59. The van der Waals surface area contributed by atoms with Crippen LogP contribution in [0.15, 0.2) is 65.6 Å². The summed E-state index contributed by atoms with van der Waals surface area (Å²) in [6.07, 6.45) is 7.25. The molecule has 0 amide bonds. The van der Waals surface area contributed by atoms with Gasteiger partial charge in [0.2, 0.25) is 0 Å². The highest BCUT2D eigenvalue weighted by Gasteiger charge is 2.64. The van der Waals surface area contributed by atoms with E-state index in [-0.39, 0.29) is 52.8 Å². The molecule has 4 saturated carbocycles. The fourth-order valence-corrected chi connectivity index (χ4v) is 14.1. The van der Waals surface area contributed by atoms with Crippen LogP contribution in [0.25, 0.3) is 0 Å². The summed E-state index contributed by atoms with van der Waals surface area (Å²) >= 11 is 0. The van der Waals surface area contributed by atoms with Crippen molar-refractivity contribution in [2.75, 3.05) is 6.61 Å². The Morgan fingerprint density at radius 3 is 2.00 bits per heavy atom. The van der Waals surface area contributed by atoms with Crippen molar-refractivity contribution < 1.29 is 35.1 Å². The molecule has 0 heterocycles. The molecule has 3 atom stereocenters. The molecule has 8 nitrogen and oxygen atoms in total. The third-order valence-corrected chi connectivity index (χ3v) is 15.6. The number of benzene rings is 3. The summed E-state index contributed by atoms with van der Waals surface area (Å²) in [5, 5.41) is 0. The zero-order valence-corrected chi connectivity index (χ0v) is 28.4. The second-order valence-corrected chi connectivity index (χ2v) is 19.0. The van der Waals surface area contributed by atoms with Crippen molar-refractivity contribution in [1.29, 1.82) is 0 Å². The maximum Gasteiger partial charge on any atom is 0.315 e. The van der Waals surface area contributed by atoms with Crippen molar-refractivity contribution in [2.24, 2.45) is 23.2 Å². The molecule has 8 aliphatic carbocycles. The van der Waals surface area contributed by atoms with Gasteiger partial charge in [0.25, 0.3) is 10.1 Å². The standard InChI is InChI=1S/C38H40O8S2/c39-36(32-16-31-25-7-1-5-11-29(25)35(32)30-12-6-2-8-26(30)31)45-22-37-17-23-15-24(18-37)20-38(19-23,21-37)48(43,44)46-33-13-14-34(47(40,41)42)28-10-4-3-9-27(28)33/h1-2,5-8,11-14,23-24,31-32,35H,3-4,9-10,15-22H2,(H,40,41,42). The molecule has 0 saturated heterocycles. The van der Waals surface area contributed by atoms with Gasteiger partial charge in [0.1, 0.15) is 10.5 Å². The Bertz CT molecular complexity index is 2010. The molecule has 11 rings (SSSR count). The van der Waals surface area contributed by atoms with E-state index in [4.69, 9.17) is 8.92 Å². The Labute approximate surface area is 282 Å². The smallest absolute Gasteiger partial charge is 0.315 e. The average Bonchev–Trinajstić information content (AvgIpc) is 3.06. The number of esters is 1. The van der Waals surface area contributed by atoms with Crippen LogP contribution in [0.4, 0.5) is 0 Å². The molecule has 252 valence electrons. The van der Waals surface area contributed by atoms with Crippen LogP contribution >= 0.6 is 0 Å². The number of rotatable bonds is 7. The van der Waals surface area contributed by atoms with E-state index in [2.05, 4.69) is 36.4 Å². The van der Waals surface area contributed by atoms with Crippen LogP contribution in [-0.2, 0) is 42.6 Å². The number of fused-ring (bicyclic) bond motifs is 2. The highest BCUT2D eigenvalue weighted by Crippen LogP contribution is 2.64. The fourth-order valence-electron chi connectivity index (χ4n) is 11.4. The number of hydrogen-bond donors (Lipinski definition) is 1.